The highest BCUT2D eigenvalue weighted by atomic mass is 16.2. The van der Waals surface area contributed by atoms with Crippen molar-refractivity contribution in [2.75, 3.05) is 16.9 Å². The summed E-state index contributed by atoms with van der Waals surface area (Å²) in [6.07, 6.45) is 5.66. The molecule has 182 valence electrons. The van der Waals surface area contributed by atoms with Gasteiger partial charge in [-0.1, -0.05) is 25.3 Å². The zero-order valence-corrected chi connectivity index (χ0v) is 20.2. The standard InChI is InChI=1S/C25H35N7O2/c1-15-9-10-19(11-16(15)2)31-23-20(14-26-31)24(34)29-25(28-23)32-21(12-17(3)30-32)27-22(33)13-18-7-5-4-6-8-18/h9-12,18,20,23,25-26,28H,4-8,13-14H2,1-3H3,(H,27,33)(H,29,34). The van der Waals surface area contributed by atoms with Gasteiger partial charge in [-0.2, -0.15) is 5.10 Å². The molecule has 2 amide bonds. The van der Waals surface area contributed by atoms with Crippen molar-refractivity contribution in [1.82, 2.24) is 25.8 Å². The number of carbonyl (C=O) groups excluding carboxylic acids is 2. The molecule has 1 aromatic heterocycles. The van der Waals surface area contributed by atoms with Crippen LogP contribution in [0.4, 0.5) is 11.5 Å². The third-order valence-corrected chi connectivity index (χ3v) is 7.42. The third kappa shape index (κ3) is 4.54. The molecule has 0 spiro atoms. The lowest BCUT2D eigenvalue weighted by Gasteiger charge is -2.37. The monoisotopic (exact) mass is 465 g/mol. The van der Waals surface area contributed by atoms with Crippen LogP contribution in [0, 0.1) is 32.6 Å². The van der Waals surface area contributed by atoms with Crippen molar-refractivity contribution in [1.29, 1.82) is 0 Å². The van der Waals surface area contributed by atoms with Crippen molar-refractivity contribution in [2.24, 2.45) is 11.8 Å². The highest BCUT2D eigenvalue weighted by molar-refractivity contribution is 5.90. The van der Waals surface area contributed by atoms with E-state index in [1.807, 2.05) is 18.0 Å². The lowest BCUT2D eigenvalue weighted by atomic mass is 9.87. The van der Waals surface area contributed by atoms with E-state index >= 15 is 0 Å². The lowest BCUT2D eigenvalue weighted by molar-refractivity contribution is -0.129. The highest BCUT2D eigenvalue weighted by Crippen LogP contribution is 2.30. The molecule has 2 saturated heterocycles. The van der Waals surface area contributed by atoms with E-state index in [0.717, 1.165) is 24.2 Å². The van der Waals surface area contributed by atoms with E-state index in [4.69, 9.17) is 0 Å². The first-order chi connectivity index (χ1) is 16.4. The largest absolute Gasteiger partial charge is 0.321 e. The molecule has 0 radical (unpaired) electrons. The highest BCUT2D eigenvalue weighted by Gasteiger charge is 2.45. The van der Waals surface area contributed by atoms with E-state index in [-0.39, 0.29) is 23.9 Å². The van der Waals surface area contributed by atoms with Crippen LogP contribution >= 0.6 is 0 Å². The van der Waals surface area contributed by atoms with Crippen molar-refractivity contribution >= 4 is 23.3 Å². The fraction of sp³-hybridized carbons (Fsp3) is 0.560. The van der Waals surface area contributed by atoms with Crippen LogP contribution in [0.1, 0.15) is 61.6 Å². The molecule has 5 rings (SSSR count). The molecule has 9 nitrogen and oxygen atoms in total. The van der Waals surface area contributed by atoms with Crippen LogP contribution < -0.4 is 26.4 Å². The Kier molecular flexibility index (Phi) is 6.31. The van der Waals surface area contributed by atoms with Crippen LogP contribution in [0.2, 0.25) is 0 Å². The molecule has 1 aromatic carbocycles. The lowest BCUT2D eigenvalue weighted by Crippen LogP contribution is -2.61. The second-order valence-electron chi connectivity index (χ2n) is 10.0. The molecule has 3 atom stereocenters. The van der Waals surface area contributed by atoms with Crippen LogP contribution in [-0.4, -0.2) is 34.3 Å². The Morgan fingerprint density at radius 1 is 1.12 bits per heavy atom. The maximum Gasteiger partial charge on any atom is 0.230 e. The summed E-state index contributed by atoms with van der Waals surface area (Å²) in [4.78, 5) is 25.8. The molecule has 1 aliphatic carbocycles. The number of hydrogen-bond donors (Lipinski definition) is 4. The summed E-state index contributed by atoms with van der Waals surface area (Å²) in [5, 5.41) is 16.2. The summed E-state index contributed by atoms with van der Waals surface area (Å²) in [6.45, 7) is 6.61. The normalized spacial score (nSPS) is 25.2. The fourth-order valence-corrected chi connectivity index (χ4v) is 5.37. The van der Waals surface area contributed by atoms with Crippen LogP contribution in [0.15, 0.2) is 24.3 Å². The maximum atomic E-state index is 13.0. The minimum absolute atomic E-state index is 0.00681. The van der Waals surface area contributed by atoms with Crippen molar-refractivity contribution in [2.45, 2.75) is 71.8 Å². The third-order valence-electron chi connectivity index (χ3n) is 7.42. The van der Waals surface area contributed by atoms with Gasteiger partial charge in [-0.15, -0.1) is 0 Å². The van der Waals surface area contributed by atoms with Gasteiger partial charge >= 0.3 is 0 Å². The Bertz CT molecular complexity index is 1080. The number of nitrogens with zero attached hydrogens (tertiary/aromatic N) is 3. The number of hydrazine groups is 1. The van der Waals surface area contributed by atoms with Crippen molar-refractivity contribution < 1.29 is 9.59 Å². The van der Waals surface area contributed by atoms with Gasteiger partial charge in [0.25, 0.3) is 0 Å². The number of carbonyl (C=O) groups is 2. The molecule has 0 bridgehead atoms. The smallest absolute Gasteiger partial charge is 0.230 e. The molecule has 4 N–H and O–H groups in total. The van der Waals surface area contributed by atoms with Gasteiger partial charge in [-0.3, -0.25) is 19.9 Å². The zero-order chi connectivity index (χ0) is 23.8. The molecule has 2 aromatic rings. The number of benzene rings is 1. The first-order valence-corrected chi connectivity index (χ1v) is 12.4. The molecule has 3 unspecified atom stereocenters. The molecule has 3 heterocycles. The summed E-state index contributed by atoms with van der Waals surface area (Å²) in [5.74, 6) is 0.778. The topological polar surface area (TPSA) is 103 Å². The van der Waals surface area contributed by atoms with Gasteiger partial charge in [0, 0.05) is 19.0 Å². The molecule has 2 aliphatic heterocycles. The molecular formula is C25H35N7O2. The van der Waals surface area contributed by atoms with E-state index in [0.29, 0.717) is 24.7 Å². The number of rotatable bonds is 5. The Balaban J connectivity index is 1.33. The van der Waals surface area contributed by atoms with Gasteiger partial charge < -0.3 is 10.6 Å². The molecule has 3 aliphatic rings. The molecule has 1 saturated carbocycles. The van der Waals surface area contributed by atoms with Crippen molar-refractivity contribution in [3.63, 3.8) is 0 Å². The van der Waals surface area contributed by atoms with Gasteiger partial charge in [-0.25, -0.2) is 10.1 Å². The maximum absolute atomic E-state index is 13.0. The van der Waals surface area contributed by atoms with Crippen LogP contribution in [-0.2, 0) is 9.59 Å². The second kappa shape index (κ2) is 9.38. The molecular weight excluding hydrogens is 430 g/mol. The minimum Gasteiger partial charge on any atom is -0.321 e. The number of aryl methyl sites for hydroxylation is 3. The average Bonchev–Trinajstić information content (AvgIpc) is 3.40. The summed E-state index contributed by atoms with van der Waals surface area (Å²) < 4.78 is 1.68. The average molecular weight is 466 g/mol. The Morgan fingerprint density at radius 2 is 1.91 bits per heavy atom. The number of hydrogen-bond acceptors (Lipinski definition) is 6. The van der Waals surface area contributed by atoms with Crippen LogP contribution in [0.3, 0.4) is 0 Å². The van der Waals surface area contributed by atoms with E-state index in [9.17, 15) is 9.59 Å². The summed E-state index contributed by atoms with van der Waals surface area (Å²) in [7, 11) is 0. The van der Waals surface area contributed by atoms with E-state index in [1.54, 1.807) is 4.68 Å². The SMILES string of the molecule is Cc1cc(NC(=O)CC2CCCCC2)n(C2NC(=O)C3CNN(c4ccc(C)c(C)c4)C3N2)n1. The van der Waals surface area contributed by atoms with E-state index in [2.05, 4.69) is 58.5 Å². The van der Waals surface area contributed by atoms with Gasteiger partial charge in [0.1, 0.15) is 12.0 Å². The van der Waals surface area contributed by atoms with E-state index < -0.39 is 6.29 Å². The minimum atomic E-state index is -0.568. The first-order valence-electron chi connectivity index (χ1n) is 12.4. The van der Waals surface area contributed by atoms with Crippen molar-refractivity contribution in [3.8, 4) is 0 Å². The van der Waals surface area contributed by atoms with Crippen LogP contribution in [0.25, 0.3) is 0 Å². The fourth-order valence-electron chi connectivity index (χ4n) is 5.37. The number of nitrogens with one attached hydrogen (secondary N) is 4. The zero-order valence-electron chi connectivity index (χ0n) is 20.2. The first kappa shape index (κ1) is 22.9. The Hall–Kier alpha value is -2.91. The summed E-state index contributed by atoms with van der Waals surface area (Å²) in [6, 6.07) is 8.14. The predicted octanol–water partition coefficient (Wildman–Crippen LogP) is 2.86. The summed E-state index contributed by atoms with van der Waals surface area (Å²) in [5.41, 5.74) is 7.59. The van der Waals surface area contributed by atoms with Gasteiger partial charge in [0.15, 0.2) is 6.29 Å². The quantitative estimate of drug-likeness (QED) is 0.542. The van der Waals surface area contributed by atoms with Gasteiger partial charge in [-0.05, 0) is 62.8 Å². The molecule has 34 heavy (non-hydrogen) atoms. The predicted molar refractivity (Wildman–Crippen MR) is 131 cm³/mol. The van der Waals surface area contributed by atoms with Crippen LogP contribution in [0.5, 0.6) is 0 Å². The number of anilines is 2. The van der Waals surface area contributed by atoms with E-state index in [1.165, 1.54) is 30.4 Å². The van der Waals surface area contributed by atoms with Gasteiger partial charge in [0.2, 0.25) is 11.8 Å². The number of aromatic nitrogens is 2. The Morgan fingerprint density at radius 3 is 2.68 bits per heavy atom. The number of amides is 2. The van der Waals surface area contributed by atoms with Crippen molar-refractivity contribution in [3.05, 3.63) is 41.1 Å². The molecule has 9 heteroatoms. The summed E-state index contributed by atoms with van der Waals surface area (Å²) >= 11 is 0. The second-order valence-corrected chi connectivity index (χ2v) is 10.0. The van der Waals surface area contributed by atoms with Gasteiger partial charge in [0.05, 0.1) is 17.3 Å². The number of fused-ring (bicyclic) bond motifs is 1. The Labute approximate surface area is 200 Å². The molecule has 3 fully saturated rings.